The third-order valence-electron chi connectivity index (χ3n) is 3.70. The van der Waals surface area contributed by atoms with Crippen LogP contribution in [0.15, 0.2) is 23.1 Å². The molecule has 20 heavy (non-hydrogen) atoms. The number of nitrogens with two attached hydrogens (primary N) is 1. The molecule has 5 nitrogen and oxygen atoms in total. The highest BCUT2D eigenvalue weighted by Gasteiger charge is 2.31. The van der Waals surface area contributed by atoms with Crippen molar-refractivity contribution in [2.75, 3.05) is 6.54 Å². The summed E-state index contributed by atoms with van der Waals surface area (Å²) in [6.45, 7) is 5.74. The first-order valence-electron chi connectivity index (χ1n) is 6.59. The molecule has 0 aliphatic carbocycles. The Morgan fingerprint density at radius 1 is 1.35 bits per heavy atom. The first-order chi connectivity index (χ1) is 9.34. The second kappa shape index (κ2) is 6.35. The van der Waals surface area contributed by atoms with E-state index in [1.807, 2.05) is 19.9 Å². The van der Waals surface area contributed by atoms with Gasteiger partial charge < -0.3 is 5.73 Å². The quantitative estimate of drug-likeness (QED) is 0.834. The normalized spacial score (nSPS) is 12.2. The molecule has 0 unspecified atom stereocenters. The van der Waals surface area contributed by atoms with Crippen molar-refractivity contribution in [2.45, 2.75) is 44.0 Å². The van der Waals surface area contributed by atoms with Crippen LogP contribution in [-0.2, 0) is 10.0 Å². The van der Waals surface area contributed by atoms with E-state index in [0.29, 0.717) is 24.0 Å². The predicted octanol–water partition coefficient (Wildman–Crippen LogP) is 1.66. The van der Waals surface area contributed by atoms with Gasteiger partial charge in [-0.1, -0.05) is 19.9 Å². The molecule has 1 rings (SSSR count). The van der Waals surface area contributed by atoms with Gasteiger partial charge in [0, 0.05) is 12.1 Å². The zero-order valence-corrected chi connectivity index (χ0v) is 12.9. The summed E-state index contributed by atoms with van der Waals surface area (Å²) in [5.41, 5.74) is 6.01. The van der Waals surface area contributed by atoms with Crippen molar-refractivity contribution in [3.05, 3.63) is 29.3 Å². The number of hydrogen-bond donors (Lipinski definition) is 2. The predicted molar refractivity (Wildman–Crippen MR) is 78.6 cm³/mol. The van der Waals surface area contributed by atoms with E-state index in [9.17, 15) is 8.42 Å². The summed E-state index contributed by atoms with van der Waals surface area (Å²) in [5.74, 6) is 0. The molecular formula is C14H21N3O2S. The number of nitriles is 1. The third kappa shape index (κ3) is 3.37. The Kier molecular flexibility index (Phi) is 5.28. The standard InChI is InChI=1S/C14H21N3O2S/c1-4-14(5-2,10-16)17-20(18,19)13-8-12(9-15)7-6-11(13)3/h6-8,17H,4-5,10,16H2,1-3H3. The Balaban J connectivity index is 3.28. The van der Waals surface area contributed by atoms with Crippen LogP contribution in [0.25, 0.3) is 0 Å². The van der Waals surface area contributed by atoms with Crippen molar-refractivity contribution in [3.63, 3.8) is 0 Å². The van der Waals surface area contributed by atoms with E-state index in [4.69, 9.17) is 11.0 Å². The van der Waals surface area contributed by atoms with Crippen molar-refractivity contribution in [1.82, 2.24) is 4.72 Å². The molecule has 0 spiro atoms. The van der Waals surface area contributed by atoms with Crippen molar-refractivity contribution < 1.29 is 8.42 Å². The average molecular weight is 295 g/mol. The molecule has 1 aromatic rings. The maximum Gasteiger partial charge on any atom is 0.241 e. The molecule has 0 aliphatic heterocycles. The van der Waals surface area contributed by atoms with Crippen molar-refractivity contribution in [2.24, 2.45) is 5.73 Å². The van der Waals surface area contributed by atoms with Crippen LogP contribution < -0.4 is 10.5 Å². The molecule has 0 aromatic heterocycles. The minimum Gasteiger partial charge on any atom is -0.329 e. The Morgan fingerprint density at radius 3 is 2.40 bits per heavy atom. The monoisotopic (exact) mass is 295 g/mol. The lowest BCUT2D eigenvalue weighted by Gasteiger charge is -2.31. The van der Waals surface area contributed by atoms with E-state index < -0.39 is 15.6 Å². The first-order valence-corrected chi connectivity index (χ1v) is 8.07. The molecule has 0 heterocycles. The summed E-state index contributed by atoms with van der Waals surface area (Å²) in [4.78, 5) is 0.135. The number of benzene rings is 1. The summed E-state index contributed by atoms with van der Waals surface area (Å²) >= 11 is 0. The molecule has 0 bridgehead atoms. The van der Waals surface area contributed by atoms with Gasteiger partial charge in [0.05, 0.1) is 16.5 Å². The minimum absolute atomic E-state index is 0.135. The van der Waals surface area contributed by atoms with E-state index in [0.717, 1.165) is 0 Å². The van der Waals surface area contributed by atoms with Crippen molar-refractivity contribution in [3.8, 4) is 6.07 Å². The van der Waals surface area contributed by atoms with Gasteiger partial charge in [-0.05, 0) is 37.5 Å². The summed E-state index contributed by atoms with van der Waals surface area (Å²) in [7, 11) is -3.70. The summed E-state index contributed by atoms with van der Waals surface area (Å²) < 4.78 is 27.8. The number of nitrogens with zero attached hydrogens (tertiary/aromatic N) is 1. The SMILES string of the molecule is CCC(CC)(CN)NS(=O)(=O)c1cc(C#N)ccc1C. The number of sulfonamides is 1. The van der Waals surface area contributed by atoms with E-state index in [-0.39, 0.29) is 11.4 Å². The third-order valence-corrected chi connectivity index (χ3v) is 5.42. The Hall–Kier alpha value is -1.42. The zero-order chi connectivity index (χ0) is 15.4. The van der Waals surface area contributed by atoms with Crippen LogP contribution in [-0.4, -0.2) is 20.5 Å². The topological polar surface area (TPSA) is 96.0 Å². The lowest BCUT2D eigenvalue weighted by Crippen LogP contribution is -2.52. The van der Waals surface area contributed by atoms with Crippen LogP contribution in [0.1, 0.15) is 37.8 Å². The summed E-state index contributed by atoms with van der Waals surface area (Å²) in [5, 5.41) is 8.90. The van der Waals surface area contributed by atoms with Crippen LogP contribution in [0, 0.1) is 18.3 Å². The Morgan fingerprint density at radius 2 is 1.95 bits per heavy atom. The van der Waals surface area contributed by atoms with Crippen molar-refractivity contribution in [1.29, 1.82) is 5.26 Å². The van der Waals surface area contributed by atoms with E-state index >= 15 is 0 Å². The lowest BCUT2D eigenvalue weighted by atomic mass is 9.95. The molecule has 1 aromatic carbocycles. The lowest BCUT2D eigenvalue weighted by molar-refractivity contribution is 0.363. The van der Waals surface area contributed by atoms with Crippen LogP contribution in [0.3, 0.4) is 0 Å². The van der Waals surface area contributed by atoms with Crippen LogP contribution in [0.5, 0.6) is 0 Å². The molecule has 3 N–H and O–H groups in total. The fourth-order valence-electron chi connectivity index (χ4n) is 2.02. The minimum atomic E-state index is -3.70. The highest BCUT2D eigenvalue weighted by atomic mass is 32.2. The number of nitrogens with one attached hydrogen (secondary N) is 1. The van der Waals surface area contributed by atoms with Crippen molar-refractivity contribution >= 4 is 10.0 Å². The largest absolute Gasteiger partial charge is 0.329 e. The second-order valence-electron chi connectivity index (χ2n) is 4.89. The van der Waals surface area contributed by atoms with E-state index in [1.54, 1.807) is 19.1 Å². The van der Waals surface area contributed by atoms with Crippen LogP contribution in [0.2, 0.25) is 0 Å². The molecule has 0 saturated carbocycles. The Labute approximate surface area is 120 Å². The molecule has 0 amide bonds. The smallest absolute Gasteiger partial charge is 0.241 e. The van der Waals surface area contributed by atoms with Crippen LogP contribution in [0.4, 0.5) is 0 Å². The highest BCUT2D eigenvalue weighted by molar-refractivity contribution is 7.89. The van der Waals surface area contributed by atoms with Crippen LogP contribution >= 0.6 is 0 Å². The molecule has 0 fully saturated rings. The first kappa shape index (κ1) is 16.6. The molecule has 6 heteroatoms. The second-order valence-corrected chi connectivity index (χ2v) is 6.54. The number of rotatable bonds is 6. The Bertz CT molecular complexity index is 606. The molecule has 0 saturated heterocycles. The molecule has 0 atom stereocenters. The zero-order valence-electron chi connectivity index (χ0n) is 12.1. The maximum atomic E-state index is 12.5. The van der Waals surface area contributed by atoms with Gasteiger partial charge in [0.15, 0.2) is 0 Å². The van der Waals surface area contributed by atoms with Gasteiger partial charge in [-0.2, -0.15) is 5.26 Å². The molecule has 0 radical (unpaired) electrons. The fourth-order valence-corrected chi connectivity index (χ4v) is 3.85. The summed E-state index contributed by atoms with van der Waals surface area (Å²) in [6, 6.07) is 6.58. The van der Waals surface area contributed by atoms with Gasteiger partial charge in [-0.3, -0.25) is 0 Å². The molecular weight excluding hydrogens is 274 g/mol. The van der Waals surface area contributed by atoms with Gasteiger partial charge in [-0.25, -0.2) is 13.1 Å². The van der Waals surface area contributed by atoms with Gasteiger partial charge in [0.25, 0.3) is 0 Å². The molecule has 0 aliphatic rings. The van der Waals surface area contributed by atoms with Gasteiger partial charge in [0.1, 0.15) is 0 Å². The van der Waals surface area contributed by atoms with Gasteiger partial charge in [-0.15, -0.1) is 0 Å². The van der Waals surface area contributed by atoms with E-state index in [2.05, 4.69) is 4.72 Å². The average Bonchev–Trinajstić information content (AvgIpc) is 2.45. The molecule has 110 valence electrons. The van der Waals surface area contributed by atoms with E-state index in [1.165, 1.54) is 6.07 Å². The maximum absolute atomic E-state index is 12.5. The number of aryl methyl sites for hydroxylation is 1. The fraction of sp³-hybridized carbons (Fsp3) is 0.500. The van der Waals surface area contributed by atoms with Gasteiger partial charge in [0.2, 0.25) is 10.0 Å². The number of hydrogen-bond acceptors (Lipinski definition) is 4. The summed E-state index contributed by atoms with van der Waals surface area (Å²) in [6.07, 6.45) is 1.21. The van der Waals surface area contributed by atoms with Gasteiger partial charge >= 0.3 is 0 Å². The highest BCUT2D eigenvalue weighted by Crippen LogP contribution is 2.21.